The second kappa shape index (κ2) is 4.26. The molecule has 80 valence electrons. The van der Waals surface area contributed by atoms with Crippen LogP contribution in [-0.4, -0.2) is 16.4 Å². The average Bonchev–Trinajstić information content (AvgIpc) is 2.96. The van der Waals surface area contributed by atoms with Gasteiger partial charge in [0.15, 0.2) is 0 Å². The number of carbonyl (C=O) groups is 1. The number of rotatable bonds is 5. The fourth-order valence-electron chi connectivity index (χ4n) is 1.52. The molecule has 1 aliphatic rings. The second-order valence-electron chi connectivity index (χ2n) is 3.92. The topological polar surface area (TPSA) is 55.1 Å². The monoisotopic (exact) mass is 214 g/mol. The van der Waals surface area contributed by atoms with Gasteiger partial charge in [-0.3, -0.25) is 4.79 Å². The maximum Gasteiger partial charge on any atom is 0.223 e. The molecule has 4 heteroatoms. The van der Waals surface area contributed by atoms with Crippen LogP contribution in [0.3, 0.4) is 0 Å². The molecule has 0 aliphatic heterocycles. The minimum atomic E-state index is -0.463. The Balaban J connectivity index is 2.66. The SMILES string of the molecule is CCC(CC)(NC(=O)C1CC1)C(N)=S. The largest absolute Gasteiger partial charge is 0.391 e. The minimum Gasteiger partial charge on any atom is -0.391 e. The van der Waals surface area contributed by atoms with Crippen molar-refractivity contribution in [3.8, 4) is 0 Å². The van der Waals surface area contributed by atoms with Gasteiger partial charge in [0.1, 0.15) is 0 Å². The van der Waals surface area contributed by atoms with Gasteiger partial charge >= 0.3 is 0 Å². The van der Waals surface area contributed by atoms with E-state index < -0.39 is 5.54 Å². The lowest BCUT2D eigenvalue weighted by Gasteiger charge is -2.31. The Kier molecular flexibility index (Phi) is 3.48. The molecule has 0 heterocycles. The number of nitrogens with two attached hydrogens (primary N) is 1. The van der Waals surface area contributed by atoms with Crippen LogP contribution in [0, 0.1) is 5.92 Å². The van der Waals surface area contributed by atoms with E-state index in [1.54, 1.807) is 0 Å². The van der Waals surface area contributed by atoms with Crippen molar-refractivity contribution >= 4 is 23.1 Å². The van der Waals surface area contributed by atoms with E-state index in [1.165, 1.54) is 0 Å². The fourth-order valence-corrected chi connectivity index (χ4v) is 1.86. The Labute approximate surface area is 90.4 Å². The first-order chi connectivity index (χ1) is 6.55. The van der Waals surface area contributed by atoms with Crippen LogP contribution in [0.4, 0.5) is 0 Å². The molecule has 1 amide bonds. The van der Waals surface area contributed by atoms with Crippen molar-refractivity contribution in [1.82, 2.24) is 5.32 Å². The van der Waals surface area contributed by atoms with Crippen molar-refractivity contribution in [3.05, 3.63) is 0 Å². The van der Waals surface area contributed by atoms with E-state index >= 15 is 0 Å². The number of amides is 1. The molecule has 0 bridgehead atoms. The lowest BCUT2D eigenvalue weighted by molar-refractivity contribution is -0.123. The van der Waals surface area contributed by atoms with E-state index in [9.17, 15) is 4.79 Å². The van der Waals surface area contributed by atoms with Gasteiger partial charge in [-0.2, -0.15) is 0 Å². The van der Waals surface area contributed by atoms with E-state index in [2.05, 4.69) is 5.32 Å². The standard InChI is InChI=1S/C10H18N2OS/c1-3-10(4-2,9(11)14)12-8(13)7-5-6-7/h7H,3-6H2,1-2H3,(H2,11,14)(H,12,13). The van der Waals surface area contributed by atoms with E-state index in [1.807, 2.05) is 13.8 Å². The molecule has 0 spiro atoms. The number of carbonyl (C=O) groups excluding carboxylic acids is 1. The molecule has 0 atom stereocenters. The Morgan fingerprint density at radius 1 is 1.50 bits per heavy atom. The molecular weight excluding hydrogens is 196 g/mol. The van der Waals surface area contributed by atoms with E-state index in [4.69, 9.17) is 18.0 Å². The Hall–Kier alpha value is -0.640. The van der Waals surface area contributed by atoms with E-state index in [0.29, 0.717) is 4.99 Å². The summed E-state index contributed by atoms with van der Waals surface area (Å²) in [6.45, 7) is 3.99. The maximum absolute atomic E-state index is 11.6. The molecule has 3 nitrogen and oxygen atoms in total. The highest BCUT2D eigenvalue weighted by Crippen LogP contribution is 2.30. The summed E-state index contributed by atoms with van der Waals surface area (Å²) < 4.78 is 0. The summed E-state index contributed by atoms with van der Waals surface area (Å²) in [4.78, 5) is 12.0. The first-order valence-corrected chi connectivity index (χ1v) is 5.58. The first-order valence-electron chi connectivity index (χ1n) is 5.17. The first kappa shape index (κ1) is 11.4. The average molecular weight is 214 g/mol. The molecule has 0 saturated heterocycles. The van der Waals surface area contributed by atoms with Gasteiger partial charge in [0.05, 0.1) is 10.5 Å². The van der Waals surface area contributed by atoms with Crippen molar-refractivity contribution in [3.63, 3.8) is 0 Å². The molecule has 0 radical (unpaired) electrons. The normalized spacial score (nSPS) is 16.4. The third kappa shape index (κ3) is 2.23. The molecule has 1 fully saturated rings. The molecule has 0 unspecified atom stereocenters. The third-order valence-corrected chi connectivity index (χ3v) is 3.38. The van der Waals surface area contributed by atoms with Crippen LogP contribution >= 0.6 is 12.2 Å². The summed E-state index contributed by atoms with van der Waals surface area (Å²) in [7, 11) is 0. The quantitative estimate of drug-likeness (QED) is 0.679. The highest BCUT2D eigenvalue weighted by atomic mass is 32.1. The van der Waals surface area contributed by atoms with Crippen LogP contribution in [-0.2, 0) is 4.79 Å². The molecule has 1 rings (SSSR count). The van der Waals surface area contributed by atoms with Crippen LogP contribution in [0.1, 0.15) is 39.5 Å². The number of hydrogen-bond donors (Lipinski definition) is 2. The molecule has 0 aromatic heterocycles. The summed E-state index contributed by atoms with van der Waals surface area (Å²) in [5.74, 6) is 0.323. The van der Waals surface area contributed by atoms with Gasteiger partial charge in [0.2, 0.25) is 5.91 Å². The maximum atomic E-state index is 11.6. The summed E-state index contributed by atoms with van der Waals surface area (Å²) >= 11 is 5.02. The summed E-state index contributed by atoms with van der Waals surface area (Å²) in [5, 5.41) is 2.99. The van der Waals surface area contributed by atoms with Gasteiger partial charge in [-0.15, -0.1) is 0 Å². The molecule has 1 saturated carbocycles. The van der Waals surface area contributed by atoms with Gasteiger partial charge in [-0.25, -0.2) is 0 Å². The predicted molar refractivity (Wildman–Crippen MR) is 61.0 cm³/mol. The predicted octanol–water partition coefficient (Wildman–Crippen LogP) is 1.36. The summed E-state index contributed by atoms with van der Waals surface area (Å²) in [6.07, 6.45) is 3.54. The Morgan fingerprint density at radius 2 is 2.00 bits per heavy atom. The highest BCUT2D eigenvalue weighted by Gasteiger charge is 2.37. The van der Waals surface area contributed by atoms with Crippen LogP contribution in [0.25, 0.3) is 0 Å². The van der Waals surface area contributed by atoms with Crippen molar-refractivity contribution in [2.75, 3.05) is 0 Å². The van der Waals surface area contributed by atoms with E-state index in [0.717, 1.165) is 25.7 Å². The molecule has 0 aromatic rings. The molecule has 0 aromatic carbocycles. The van der Waals surface area contributed by atoms with Crippen molar-refractivity contribution < 1.29 is 4.79 Å². The Bertz CT molecular complexity index is 245. The van der Waals surface area contributed by atoms with Gasteiger partial charge in [0.25, 0.3) is 0 Å². The van der Waals surface area contributed by atoms with Crippen LogP contribution < -0.4 is 11.1 Å². The van der Waals surface area contributed by atoms with Crippen molar-refractivity contribution in [2.45, 2.75) is 45.1 Å². The van der Waals surface area contributed by atoms with Crippen molar-refractivity contribution in [2.24, 2.45) is 11.7 Å². The molecular formula is C10H18N2OS. The van der Waals surface area contributed by atoms with Gasteiger partial charge in [-0.05, 0) is 25.7 Å². The molecule has 14 heavy (non-hydrogen) atoms. The zero-order chi connectivity index (χ0) is 10.8. The van der Waals surface area contributed by atoms with Crippen molar-refractivity contribution in [1.29, 1.82) is 0 Å². The van der Waals surface area contributed by atoms with Gasteiger partial charge in [0, 0.05) is 5.92 Å². The smallest absolute Gasteiger partial charge is 0.223 e. The minimum absolute atomic E-state index is 0.113. The zero-order valence-electron chi connectivity index (χ0n) is 8.80. The number of nitrogens with one attached hydrogen (secondary N) is 1. The van der Waals surface area contributed by atoms with Gasteiger partial charge in [-0.1, -0.05) is 26.1 Å². The van der Waals surface area contributed by atoms with Crippen LogP contribution in [0.2, 0.25) is 0 Å². The van der Waals surface area contributed by atoms with E-state index in [-0.39, 0.29) is 11.8 Å². The third-order valence-electron chi connectivity index (χ3n) is 2.99. The highest BCUT2D eigenvalue weighted by molar-refractivity contribution is 7.80. The lowest BCUT2D eigenvalue weighted by Crippen LogP contribution is -2.56. The lowest BCUT2D eigenvalue weighted by atomic mass is 9.92. The molecule has 3 N–H and O–H groups in total. The number of hydrogen-bond acceptors (Lipinski definition) is 2. The number of thiocarbonyl (C=S) groups is 1. The fraction of sp³-hybridized carbons (Fsp3) is 0.800. The zero-order valence-corrected chi connectivity index (χ0v) is 9.62. The summed E-state index contributed by atoms with van der Waals surface area (Å²) in [5.41, 5.74) is 5.22. The van der Waals surface area contributed by atoms with Crippen LogP contribution in [0.15, 0.2) is 0 Å². The van der Waals surface area contributed by atoms with Crippen LogP contribution in [0.5, 0.6) is 0 Å². The Morgan fingerprint density at radius 3 is 2.29 bits per heavy atom. The molecule has 1 aliphatic carbocycles. The summed E-state index contributed by atoms with van der Waals surface area (Å²) in [6, 6.07) is 0. The second-order valence-corrected chi connectivity index (χ2v) is 4.36. The van der Waals surface area contributed by atoms with Gasteiger partial charge < -0.3 is 11.1 Å².